The summed E-state index contributed by atoms with van der Waals surface area (Å²) >= 11 is 1.25. The zero-order chi connectivity index (χ0) is 17.3. The van der Waals surface area contributed by atoms with Crippen LogP contribution < -0.4 is 11.2 Å². The molecule has 0 radical (unpaired) electrons. The molecule has 1 aromatic carbocycles. The van der Waals surface area contributed by atoms with Crippen molar-refractivity contribution >= 4 is 22.9 Å². The van der Waals surface area contributed by atoms with Gasteiger partial charge >= 0.3 is 5.69 Å². The Labute approximate surface area is 141 Å². The van der Waals surface area contributed by atoms with Crippen LogP contribution in [0.4, 0.5) is 0 Å². The molecule has 0 saturated heterocycles. The molecule has 8 heteroatoms. The maximum atomic E-state index is 12.6. The van der Waals surface area contributed by atoms with Crippen molar-refractivity contribution < 1.29 is 0 Å². The van der Waals surface area contributed by atoms with E-state index in [0.717, 1.165) is 10.1 Å². The summed E-state index contributed by atoms with van der Waals surface area (Å²) in [5.74, 6) is 0.215. The van der Waals surface area contributed by atoms with Gasteiger partial charge in [-0.25, -0.2) is 9.78 Å². The van der Waals surface area contributed by atoms with E-state index in [1.54, 1.807) is 11.6 Å². The van der Waals surface area contributed by atoms with E-state index in [0.29, 0.717) is 22.9 Å². The van der Waals surface area contributed by atoms with Gasteiger partial charge in [0.1, 0.15) is 0 Å². The minimum atomic E-state index is -0.423. The minimum Gasteiger partial charge on any atom is -0.309 e. The number of nitriles is 1. The fraction of sp³-hybridized carbons (Fsp3) is 0.250. The highest BCUT2D eigenvalue weighted by Crippen LogP contribution is 2.22. The lowest BCUT2D eigenvalue weighted by Gasteiger charge is -2.08. The van der Waals surface area contributed by atoms with E-state index in [-0.39, 0.29) is 11.3 Å². The first kappa shape index (κ1) is 16.1. The highest BCUT2D eigenvalue weighted by molar-refractivity contribution is 7.99. The first-order valence-electron chi connectivity index (χ1n) is 7.24. The summed E-state index contributed by atoms with van der Waals surface area (Å²) in [5, 5.41) is 9.40. The fourth-order valence-corrected chi connectivity index (χ4v) is 3.20. The van der Waals surface area contributed by atoms with Gasteiger partial charge in [-0.15, -0.1) is 0 Å². The third kappa shape index (κ3) is 2.63. The van der Waals surface area contributed by atoms with Crippen LogP contribution in [-0.4, -0.2) is 24.4 Å². The molecule has 0 bridgehead atoms. The van der Waals surface area contributed by atoms with Crippen molar-refractivity contribution in [2.75, 3.05) is 5.75 Å². The van der Waals surface area contributed by atoms with Gasteiger partial charge in [0.25, 0.3) is 5.56 Å². The van der Waals surface area contributed by atoms with Crippen LogP contribution in [0.3, 0.4) is 0 Å². The molecule has 0 atom stereocenters. The number of hydrogen-bond donors (Lipinski definition) is 0. The molecule has 0 amide bonds. The Morgan fingerprint density at radius 3 is 2.54 bits per heavy atom. The molecule has 0 N–H and O–H groups in total. The van der Waals surface area contributed by atoms with E-state index >= 15 is 0 Å². The summed E-state index contributed by atoms with van der Waals surface area (Å²) in [6, 6.07) is 11.7. The monoisotopic (exact) mass is 341 g/mol. The second kappa shape index (κ2) is 6.37. The number of aryl methyl sites for hydroxylation is 1. The predicted octanol–water partition coefficient (Wildman–Crippen LogP) is 1.10. The zero-order valence-electron chi connectivity index (χ0n) is 13.3. The fourth-order valence-electron chi connectivity index (χ4n) is 2.55. The normalized spacial score (nSPS) is 10.9. The number of thioether (sulfide) groups is 1. The molecule has 0 aliphatic carbocycles. The van der Waals surface area contributed by atoms with E-state index in [1.165, 1.54) is 23.4 Å². The lowest BCUT2D eigenvalue weighted by Crippen LogP contribution is -2.37. The number of aromatic nitrogens is 4. The summed E-state index contributed by atoms with van der Waals surface area (Å²) in [6.07, 6.45) is 0. The molecule has 3 aromatic rings. The van der Waals surface area contributed by atoms with Crippen molar-refractivity contribution in [1.29, 1.82) is 5.26 Å². The predicted molar refractivity (Wildman–Crippen MR) is 92.1 cm³/mol. The Hall–Kier alpha value is -2.79. The minimum absolute atomic E-state index is 0.215. The number of nitrogens with zero attached hydrogens (tertiary/aromatic N) is 5. The lowest BCUT2D eigenvalue weighted by atomic mass is 10.2. The SMILES string of the molecule is Cn1c(=O)c2c(nc(SCC#N)n2Cc2ccccc2)n(C)c1=O. The maximum absolute atomic E-state index is 12.6. The number of hydrogen-bond acceptors (Lipinski definition) is 5. The van der Waals surface area contributed by atoms with Crippen LogP contribution in [0, 0.1) is 11.3 Å². The van der Waals surface area contributed by atoms with Crippen LogP contribution >= 0.6 is 11.8 Å². The summed E-state index contributed by atoms with van der Waals surface area (Å²) in [6.45, 7) is 0.443. The van der Waals surface area contributed by atoms with Gasteiger partial charge < -0.3 is 4.57 Å². The van der Waals surface area contributed by atoms with Crippen molar-refractivity contribution in [3.8, 4) is 6.07 Å². The molecular formula is C16H15N5O2S. The summed E-state index contributed by atoms with van der Waals surface area (Å²) in [4.78, 5) is 29.2. The zero-order valence-corrected chi connectivity index (χ0v) is 14.1. The second-order valence-corrected chi connectivity index (χ2v) is 6.23. The average molecular weight is 341 g/mol. The highest BCUT2D eigenvalue weighted by Gasteiger charge is 2.19. The third-order valence-corrected chi connectivity index (χ3v) is 4.61. The van der Waals surface area contributed by atoms with E-state index in [9.17, 15) is 9.59 Å². The Kier molecular flexibility index (Phi) is 4.27. The molecule has 0 aliphatic rings. The molecule has 122 valence electrons. The molecule has 2 aromatic heterocycles. The van der Waals surface area contributed by atoms with Crippen molar-refractivity contribution in [1.82, 2.24) is 18.7 Å². The lowest BCUT2D eigenvalue weighted by molar-refractivity contribution is 0.696. The van der Waals surface area contributed by atoms with Gasteiger partial charge in [0.2, 0.25) is 0 Å². The van der Waals surface area contributed by atoms with Crippen molar-refractivity contribution in [2.45, 2.75) is 11.7 Å². The van der Waals surface area contributed by atoms with Crippen molar-refractivity contribution in [3.63, 3.8) is 0 Å². The van der Waals surface area contributed by atoms with Gasteiger partial charge in [-0.3, -0.25) is 13.9 Å². The number of fused-ring (bicyclic) bond motifs is 1. The molecule has 0 aliphatic heterocycles. The largest absolute Gasteiger partial charge is 0.332 e. The molecule has 0 spiro atoms. The smallest absolute Gasteiger partial charge is 0.309 e. The van der Waals surface area contributed by atoms with Crippen LogP contribution in [-0.2, 0) is 20.6 Å². The van der Waals surface area contributed by atoms with Crippen LogP contribution in [0.5, 0.6) is 0 Å². The molecular weight excluding hydrogens is 326 g/mol. The molecule has 24 heavy (non-hydrogen) atoms. The average Bonchev–Trinajstić information content (AvgIpc) is 2.95. The first-order chi connectivity index (χ1) is 11.5. The molecule has 2 heterocycles. The van der Waals surface area contributed by atoms with Crippen LogP contribution in [0.1, 0.15) is 5.56 Å². The maximum Gasteiger partial charge on any atom is 0.332 e. The van der Waals surface area contributed by atoms with Gasteiger partial charge in [0, 0.05) is 14.1 Å². The van der Waals surface area contributed by atoms with Crippen molar-refractivity contribution in [3.05, 3.63) is 56.7 Å². The van der Waals surface area contributed by atoms with Gasteiger partial charge in [0.15, 0.2) is 16.3 Å². The second-order valence-electron chi connectivity index (χ2n) is 5.29. The molecule has 0 saturated carbocycles. The Morgan fingerprint density at radius 1 is 1.17 bits per heavy atom. The van der Waals surface area contributed by atoms with Gasteiger partial charge in [-0.05, 0) is 5.56 Å². The number of imidazole rings is 1. The van der Waals surface area contributed by atoms with E-state index in [4.69, 9.17) is 5.26 Å². The van der Waals surface area contributed by atoms with Crippen LogP contribution in [0.15, 0.2) is 45.1 Å². The summed E-state index contributed by atoms with van der Waals surface area (Å²) in [7, 11) is 3.04. The topological polar surface area (TPSA) is 85.6 Å². The Balaban J connectivity index is 2.29. The molecule has 0 fully saturated rings. The van der Waals surface area contributed by atoms with Crippen molar-refractivity contribution in [2.24, 2.45) is 14.1 Å². The van der Waals surface area contributed by atoms with Crippen LogP contribution in [0.25, 0.3) is 11.2 Å². The molecule has 3 rings (SSSR count). The van der Waals surface area contributed by atoms with Gasteiger partial charge in [-0.1, -0.05) is 42.1 Å². The van der Waals surface area contributed by atoms with Gasteiger partial charge in [0.05, 0.1) is 18.4 Å². The molecule has 7 nitrogen and oxygen atoms in total. The number of benzene rings is 1. The van der Waals surface area contributed by atoms with E-state index < -0.39 is 5.69 Å². The number of rotatable bonds is 4. The Bertz CT molecular complexity index is 1060. The summed E-state index contributed by atoms with van der Waals surface area (Å²) < 4.78 is 4.20. The van der Waals surface area contributed by atoms with Crippen LogP contribution in [0.2, 0.25) is 0 Å². The van der Waals surface area contributed by atoms with Gasteiger partial charge in [-0.2, -0.15) is 5.26 Å². The first-order valence-corrected chi connectivity index (χ1v) is 8.23. The summed E-state index contributed by atoms with van der Waals surface area (Å²) in [5.41, 5.74) is 0.893. The standard InChI is InChI=1S/C16H15N5O2S/c1-19-13-12(14(22)20(2)16(19)23)21(15(18-13)24-9-8-17)10-11-6-4-3-5-7-11/h3-7H,9-10H2,1-2H3. The van der Waals surface area contributed by atoms with E-state index in [2.05, 4.69) is 11.1 Å². The third-order valence-electron chi connectivity index (χ3n) is 3.76. The van der Waals surface area contributed by atoms with E-state index in [1.807, 2.05) is 30.3 Å². The Morgan fingerprint density at radius 2 is 1.88 bits per heavy atom. The quantitative estimate of drug-likeness (QED) is 0.663. The molecule has 0 unspecified atom stereocenters. The highest BCUT2D eigenvalue weighted by atomic mass is 32.2.